The van der Waals surface area contributed by atoms with Gasteiger partial charge in [-0.2, -0.15) is 13.2 Å². The zero-order valence-electron chi connectivity index (χ0n) is 15.8. The Morgan fingerprint density at radius 3 is 2.57 bits per heavy atom. The molecule has 5 rings (SSSR count). The molecule has 0 atom stereocenters. The van der Waals surface area contributed by atoms with Gasteiger partial charge in [-0.3, -0.25) is 0 Å². The Bertz CT molecular complexity index is 1220. The van der Waals surface area contributed by atoms with Crippen LogP contribution in [0.2, 0.25) is 5.02 Å². The van der Waals surface area contributed by atoms with Gasteiger partial charge in [0.25, 0.3) is 0 Å². The van der Waals surface area contributed by atoms with E-state index in [1.807, 2.05) is 0 Å². The molecule has 8 heteroatoms. The first kappa shape index (κ1) is 19.3. The van der Waals surface area contributed by atoms with Gasteiger partial charge in [-0.15, -0.1) is 0 Å². The number of aryl methyl sites for hydroxylation is 1. The van der Waals surface area contributed by atoms with Crippen LogP contribution in [0.15, 0.2) is 39.5 Å². The Kier molecular flexibility index (Phi) is 4.47. The quantitative estimate of drug-likeness (QED) is 0.460. The maximum Gasteiger partial charge on any atom is 0.416 e. The summed E-state index contributed by atoms with van der Waals surface area (Å²) in [6.45, 7) is 0.254. The first-order valence-corrected chi connectivity index (χ1v) is 10.1. The van der Waals surface area contributed by atoms with Gasteiger partial charge in [-0.05, 0) is 55.5 Å². The van der Waals surface area contributed by atoms with E-state index < -0.39 is 11.7 Å². The van der Waals surface area contributed by atoms with Gasteiger partial charge in [0.1, 0.15) is 11.3 Å². The van der Waals surface area contributed by atoms with Crippen molar-refractivity contribution in [1.82, 2.24) is 0 Å². The van der Waals surface area contributed by atoms with Crippen LogP contribution in [0.4, 0.5) is 18.9 Å². The number of fused-ring (bicyclic) bond motifs is 5. The number of anilines is 1. The minimum absolute atomic E-state index is 0.0364. The summed E-state index contributed by atoms with van der Waals surface area (Å²) in [5.74, 6) is 0.409. The number of benzene rings is 2. The van der Waals surface area contributed by atoms with Crippen LogP contribution in [0, 0.1) is 0 Å². The van der Waals surface area contributed by atoms with E-state index in [0.29, 0.717) is 39.6 Å². The van der Waals surface area contributed by atoms with Gasteiger partial charge in [-0.25, -0.2) is 4.79 Å². The molecule has 3 aromatic rings. The van der Waals surface area contributed by atoms with Crippen molar-refractivity contribution in [3.8, 4) is 5.75 Å². The lowest BCUT2D eigenvalue weighted by Crippen LogP contribution is -2.32. The van der Waals surface area contributed by atoms with E-state index in [4.69, 9.17) is 20.8 Å². The van der Waals surface area contributed by atoms with Crippen molar-refractivity contribution < 1.29 is 22.3 Å². The summed E-state index contributed by atoms with van der Waals surface area (Å²) in [4.78, 5) is 14.2. The summed E-state index contributed by atoms with van der Waals surface area (Å²) in [5.41, 5.74) is 1.89. The lowest BCUT2D eigenvalue weighted by atomic mass is 9.90. The van der Waals surface area contributed by atoms with Crippen LogP contribution in [-0.4, -0.2) is 6.73 Å². The van der Waals surface area contributed by atoms with Crippen molar-refractivity contribution >= 4 is 28.3 Å². The molecular formula is C22H17ClF3NO3. The van der Waals surface area contributed by atoms with E-state index in [-0.39, 0.29) is 18.9 Å². The molecule has 1 aliphatic heterocycles. The normalized spacial score (nSPS) is 16.2. The zero-order valence-corrected chi connectivity index (χ0v) is 16.6. The summed E-state index contributed by atoms with van der Waals surface area (Å²) < 4.78 is 50.8. The number of rotatable bonds is 1. The number of alkyl halides is 3. The van der Waals surface area contributed by atoms with Crippen LogP contribution in [0.5, 0.6) is 5.75 Å². The fourth-order valence-corrected chi connectivity index (χ4v) is 4.59. The second-order valence-electron chi connectivity index (χ2n) is 7.62. The molecule has 0 amide bonds. The lowest BCUT2D eigenvalue weighted by molar-refractivity contribution is -0.137. The van der Waals surface area contributed by atoms with Gasteiger partial charge in [0.15, 0.2) is 6.73 Å². The zero-order chi connectivity index (χ0) is 21.0. The van der Waals surface area contributed by atoms with Crippen molar-refractivity contribution in [3.05, 3.63) is 68.0 Å². The molecule has 0 spiro atoms. The molecule has 2 aliphatic rings. The highest BCUT2D eigenvalue weighted by molar-refractivity contribution is 6.33. The first-order chi connectivity index (χ1) is 14.3. The second-order valence-corrected chi connectivity index (χ2v) is 8.02. The van der Waals surface area contributed by atoms with Crippen molar-refractivity contribution in [1.29, 1.82) is 0 Å². The Hall–Kier alpha value is -2.67. The number of halogens is 4. The Morgan fingerprint density at radius 2 is 1.80 bits per heavy atom. The van der Waals surface area contributed by atoms with Gasteiger partial charge < -0.3 is 14.1 Å². The fourth-order valence-electron chi connectivity index (χ4n) is 4.31. The van der Waals surface area contributed by atoms with Crippen LogP contribution in [0.25, 0.3) is 11.0 Å². The molecule has 0 bridgehead atoms. The minimum atomic E-state index is -4.44. The van der Waals surface area contributed by atoms with Crippen LogP contribution in [-0.2, 0) is 25.6 Å². The molecule has 0 saturated carbocycles. The Morgan fingerprint density at radius 1 is 1.03 bits per heavy atom. The summed E-state index contributed by atoms with van der Waals surface area (Å²) in [5, 5.41) is 1.19. The Balaban J connectivity index is 1.63. The van der Waals surface area contributed by atoms with Crippen molar-refractivity contribution in [3.63, 3.8) is 0 Å². The smallest absolute Gasteiger partial charge is 0.416 e. The van der Waals surface area contributed by atoms with Crippen LogP contribution < -0.4 is 15.3 Å². The molecule has 2 aromatic carbocycles. The van der Waals surface area contributed by atoms with E-state index in [9.17, 15) is 18.0 Å². The number of hydrogen-bond acceptors (Lipinski definition) is 4. The molecule has 0 radical (unpaired) electrons. The summed E-state index contributed by atoms with van der Waals surface area (Å²) in [6, 6.07) is 6.83. The van der Waals surface area contributed by atoms with Gasteiger partial charge in [-0.1, -0.05) is 17.7 Å². The van der Waals surface area contributed by atoms with Gasteiger partial charge >= 0.3 is 11.8 Å². The highest BCUT2D eigenvalue weighted by Crippen LogP contribution is 2.42. The monoisotopic (exact) mass is 435 g/mol. The Labute approximate surface area is 174 Å². The molecule has 30 heavy (non-hydrogen) atoms. The molecule has 2 heterocycles. The molecular weight excluding hydrogens is 419 g/mol. The highest BCUT2D eigenvalue weighted by Gasteiger charge is 2.32. The average molecular weight is 436 g/mol. The summed E-state index contributed by atoms with van der Waals surface area (Å²) >= 11 is 6.47. The predicted octanol–water partition coefficient (Wildman–Crippen LogP) is 5.70. The topological polar surface area (TPSA) is 42.7 Å². The second kappa shape index (κ2) is 6.94. The maximum absolute atomic E-state index is 13.1. The van der Waals surface area contributed by atoms with Crippen molar-refractivity contribution in [2.75, 3.05) is 11.6 Å². The molecule has 0 saturated heterocycles. The fraction of sp³-hybridized carbons (Fsp3) is 0.318. The standard InChI is InChI=1S/C22H17ClF3NO3/c23-18-9-16-14-6-1-2-7-15(14)21(28)30-19(16)17-10-27(11-29-20(17)18)13-5-3-4-12(8-13)22(24,25)26/h3-5,8-9H,1-2,6-7,10-11H2. The number of nitrogens with zero attached hydrogens (tertiary/aromatic N) is 1. The SMILES string of the molecule is O=c1oc2c3c(c(Cl)cc2c2c1CCCC2)OCN(c1cccc(C(F)(F)F)c1)C3. The molecule has 1 aromatic heterocycles. The first-order valence-electron chi connectivity index (χ1n) is 9.68. The molecule has 4 nitrogen and oxygen atoms in total. The molecule has 0 N–H and O–H groups in total. The minimum Gasteiger partial charge on any atom is -0.471 e. The van der Waals surface area contributed by atoms with E-state index >= 15 is 0 Å². The predicted molar refractivity (Wildman–Crippen MR) is 107 cm³/mol. The molecule has 0 fully saturated rings. The van der Waals surface area contributed by atoms with Gasteiger partial charge in [0.05, 0.1) is 22.7 Å². The van der Waals surface area contributed by atoms with Gasteiger partial charge in [0.2, 0.25) is 0 Å². The number of hydrogen-bond donors (Lipinski definition) is 0. The number of ether oxygens (including phenoxy) is 1. The summed E-state index contributed by atoms with van der Waals surface area (Å²) in [6.07, 6.45) is -1.08. The molecule has 1 aliphatic carbocycles. The molecule has 0 unspecified atom stereocenters. The average Bonchev–Trinajstić information content (AvgIpc) is 2.74. The van der Waals surface area contributed by atoms with Crippen LogP contribution in [0.1, 0.15) is 35.1 Å². The summed E-state index contributed by atoms with van der Waals surface area (Å²) in [7, 11) is 0. The van der Waals surface area contributed by atoms with Gasteiger partial charge in [0, 0.05) is 16.6 Å². The van der Waals surface area contributed by atoms with E-state index in [1.165, 1.54) is 6.07 Å². The third-order valence-corrected chi connectivity index (χ3v) is 6.05. The largest absolute Gasteiger partial charge is 0.471 e. The van der Waals surface area contributed by atoms with Crippen molar-refractivity contribution in [2.45, 2.75) is 38.4 Å². The molecule has 156 valence electrons. The third-order valence-electron chi connectivity index (χ3n) is 5.77. The van der Waals surface area contributed by atoms with Crippen LogP contribution in [0.3, 0.4) is 0 Å². The van der Waals surface area contributed by atoms with E-state index in [0.717, 1.165) is 42.3 Å². The highest BCUT2D eigenvalue weighted by atomic mass is 35.5. The van der Waals surface area contributed by atoms with Crippen molar-refractivity contribution in [2.24, 2.45) is 0 Å². The van der Waals surface area contributed by atoms with Crippen LogP contribution >= 0.6 is 11.6 Å². The van der Waals surface area contributed by atoms with E-state index in [1.54, 1.807) is 17.0 Å². The lowest BCUT2D eigenvalue weighted by Gasteiger charge is -2.32. The van der Waals surface area contributed by atoms with E-state index in [2.05, 4.69) is 0 Å². The third kappa shape index (κ3) is 3.12. The maximum atomic E-state index is 13.1.